The van der Waals surface area contributed by atoms with Gasteiger partial charge in [-0.25, -0.2) is 10.4 Å². The predicted octanol–water partition coefficient (Wildman–Crippen LogP) is 4.03. The number of para-hydroxylation sites is 2. The van der Waals surface area contributed by atoms with Gasteiger partial charge in [-0.05, 0) is 61.0 Å². The van der Waals surface area contributed by atoms with Gasteiger partial charge in [-0.15, -0.1) is 0 Å². The molecule has 1 N–H and O–H groups in total. The van der Waals surface area contributed by atoms with Gasteiger partial charge in [0.1, 0.15) is 5.75 Å². The van der Waals surface area contributed by atoms with Crippen molar-refractivity contribution in [3.8, 4) is 11.4 Å². The summed E-state index contributed by atoms with van der Waals surface area (Å²) >= 11 is 1.19. The molecule has 4 rings (SSSR count). The molecule has 0 fully saturated rings. The molecule has 1 amide bonds. The van der Waals surface area contributed by atoms with E-state index in [0.717, 1.165) is 11.3 Å². The van der Waals surface area contributed by atoms with Crippen LogP contribution in [0.5, 0.6) is 5.75 Å². The normalized spacial score (nSPS) is 11.4. The van der Waals surface area contributed by atoms with Crippen LogP contribution in [0.15, 0.2) is 93.9 Å². The fraction of sp³-hybridized carbons (Fsp3) is 0.120. The molecule has 1 aromatic heterocycles. The summed E-state index contributed by atoms with van der Waals surface area (Å²) in [7, 11) is 1.61. The standard InChI is InChI=1S/C25H22N4O3S/c1-17(18-12-14-20(32-2)15-13-18)27-28-23(30)16-33-25-26-22-11-7-6-10-21(22)24(31)29(25)19-8-4-3-5-9-19/h3-15H,16H2,1-2H3,(H,28,30)/b27-17-. The molecule has 7 nitrogen and oxygen atoms in total. The Morgan fingerprint density at radius 2 is 1.73 bits per heavy atom. The van der Waals surface area contributed by atoms with Crippen LogP contribution in [0.4, 0.5) is 0 Å². The van der Waals surface area contributed by atoms with E-state index in [0.29, 0.717) is 27.5 Å². The maximum Gasteiger partial charge on any atom is 0.266 e. The monoisotopic (exact) mass is 458 g/mol. The molecule has 0 aliphatic heterocycles. The van der Waals surface area contributed by atoms with Gasteiger partial charge in [0.15, 0.2) is 5.16 Å². The first-order valence-corrected chi connectivity index (χ1v) is 11.2. The van der Waals surface area contributed by atoms with Gasteiger partial charge in [-0.2, -0.15) is 5.10 Å². The van der Waals surface area contributed by atoms with E-state index in [4.69, 9.17) is 4.74 Å². The smallest absolute Gasteiger partial charge is 0.266 e. The fourth-order valence-corrected chi connectivity index (χ4v) is 4.02. The molecule has 0 unspecified atom stereocenters. The van der Waals surface area contributed by atoms with E-state index in [1.54, 1.807) is 19.2 Å². The van der Waals surface area contributed by atoms with Crippen LogP contribution < -0.4 is 15.7 Å². The third-order valence-electron chi connectivity index (χ3n) is 4.95. The summed E-state index contributed by atoms with van der Waals surface area (Å²) in [5, 5.41) is 5.15. The Bertz CT molecular complexity index is 1370. The number of hydrogen-bond donors (Lipinski definition) is 1. The molecule has 0 atom stereocenters. The zero-order chi connectivity index (χ0) is 23.2. The largest absolute Gasteiger partial charge is 0.497 e. The molecule has 0 bridgehead atoms. The van der Waals surface area contributed by atoms with Crippen LogP contribution in [-0.4, -0.2) is 34.0 Å². The highest BCUT2D eigenvalue weighted by Gasteiger charge is 2.14. The molecule has 0 radical (unpaired) electrons. The van der Waals surface area contributed by atoms with Crippen LogP contribution in [0.1, 0.15) is 12.5 Å². The van der Waals surface area contributed by atoms with E-state index >= 15 is 0 Å². The van der Waals surface area contributed by atoms with Crippen LogP contribution in [0.3, 0.4) is 0 Å². The molecule has 8 heteroatoms. The summed E-state index contributed by atoms with van der Waals surface area (Å²) in [4.78, 5) is 30.3. The number of amides is 1. The van der Waals surface area contributed by atoms with E-state index in [1.165, 1.54) is 16.3 Å². The van der Waals surface area contributed by atoms with Crippen molar-refractivity contribution in [2.75, 3.05) is 12.9 Å². The maximum absolute atomic E-state index is 13.2. The average Bonchev–Trinajstić information content (AvgIpc) is 2.86. The Morgan fingerprint density at radius 1 is 1.03 bits per heavy atom. The molecule has 0 saturated carbocycles. The minimum atomic E-state index is -0.296. The number of carbonyl (C=O) groups excluding carboxylic acids is 1. The highest BCUT2D eigenvalue weighted by Crippen LogP contribution is 2.21. The first-order chi connectivity index (χ1) is 16.1. The summed E-state index contributed by atoms with van der Waals surface area (Å²) in [6.45, 7) is 1.81. The number of fused-ring (bicyclic) bond motifs is 1. The minimum absolute atomic E-state index is 0.0526. The lowest BCUT2D eigenvalue weighted by Gasteiger charge is -2.13. The van der Waals surface area contributed by atoms with Gasteiger partial charge in [-0.3, -0.25) is 14.2 Å². The first-order valence-electron chi connectivity index (χ1n) is 10.2. The highest BCUT2D eigenvalue weighted by molar-refractivity contribution is 7.99. The fourth-order valence-electron chi connectivity index (χ4n) is 3.22. The molecular formula is C25H22N4O3S. The third kappa shape index (κ3) is 5.12. The summed E-state index contributed by atoms with van der Waals surface area (Å²) in [6.07, 6.45) is 0. The van der Waals surface area contributed by atoms with Gasteiger partial charge in [-0.1, -0.05) is 42.1 Å². The number of thioether (sulfide) groups is 1. The summed E-state index contributed by atoms with van der Waals surface area (Å²) in [6, 6.07) is 23.9. The number of nitrogens with one attached hydrogen (secondary N) is 1. The lowest BCUT2D eigenvalue weighted by atomic mass is 10.1. The second-order valence-electron chi connectivity index (χ2n) is 7.14. The minimum Gasteiger partial charge on any atom is -0.497 e. The second kappa shape index (κ2) is 10.1. The molecule has 3 aromatic carbocycles. The number of hydrazone groups is 1. The number of hydrogen-bond acceptors (Lipinski definition) is 6. The van der Waals surface area contributed by atoms with Crippen molar-refractivity contribution in [1.82, 2.24) is 15.0 Å². The number of methoxy groups -OCH3 is 1. The molecule has 4 aromatic rings. The number of nitrogens with zero attached hydrogens (tertiary/aromatic N) is 3. The van der Waals surface area contributed by atoms with Crippen molar-refractivity contribution in [1.29, 1.82) is 0 Å². The number of rotatable bonds is 7. The molecule has 0 spiro atoms. The lowest BCUT2D eigenvalue weighted by Crippen LogP contribution is -2.24. The van der Waals surface area contributed by atoms with Crippen molar-refractivity contribution in [3.63, 3.8) is 0 Å². The van der Waals surface area contributed by atoms with E-state index in [-0.39, 0.29) is 17.2 Å². The lowest BCUT2D eigenvalue weighted by molar-refractivity contribution is -0.118. The summed E-state index contributed by atoms with van der Waals surface area (Å²) < 4.78 is 6.69. The molecule has 0 aliphatic rings. The topological polar surface area (TPSA) is 85.6 Å². The number of carbonyl (C=O) groups is 1. The second-order valence-corrected chi connectivity index (χ2v) is 8.08. The SMILES string of the molecule is COc1ccc(/C(C)=N\NC(=O)CSc2nc3ccccc3c(=O)n2-c2ccccc2)cc1. The van der Waals surface area contributed by atoms with E-state index in [1.807, 2.05) is 73.7 Å². The van der Waals surface area contributed by atoms with Crippen LogP contribution in [0.2, 0.25) is 0 Å². The molecule has 0 saturated heterocycles. The van der Waals surface area contributed by atoms with E-state index in [2.05, 4.69) is 15.5 Å². The van der Waals surface area contributed by atoms with Crippen LogP contribution in [-0.2, 0) is 4.79 Å². The van der Waals surface area contributed by atoms with Gasteiger partial charge in [0.2, 0.25) is 0 Å². The Balaban J connectivity index is 1.54. The molecule has 166 valence electrons. The van der Waals surface area contributed by atoms with Crippen molar-refractivity contribution >= 4 is 34.3 Å². The first kappa shape index (κ1) is 22.3. The molecular weight excluding hydrogens is 436 g/mol. The van der Waals surface area contributed by atoms with Crippen LogP contribution in [0.25, 0.3) is 16.6 Å². The quantitative estimate of drug-likeness (QED) is 0.196. The van der Waals surface area contributed by atoms with E-state index < -0.39 is 0 Å². The Hall–Kier alpha value is -3.91. The average molecular weight is 459 g/mol. The van der Waals surface area contributed by atoms with Crippen LogP contribution >= 0.6 is 11.8 Å². The van der Waals surface area contributed by atoms with Gasteiger partial charge in [0.05, 0.1) is 35.2 Å². The van der Waals surface area contributed by atoms with Crippen LogP contribution in [0, 0.1) is 0 Å². The molecule has 33 heavy (non-hydrogen) atoms. The molecule has 0 aliphatic carbocycles. The summed E-state index contributed by atoms with van der Waals surface area (Å²) in [5.74, 6) is 0.506. The molecule has 1 heterocycles. The van der Waals surface area contributed by atoms with Gasteiger partial charge >= 0.3 is 0 Å². The third-order valence-corrected chi connectivity index (χ3v) is 5.89. The highest BCUT2D eigenvalue weighted by atomic mass is 32.2. The Morgan fingerprint density at radius 3 is 2.45 bits per heavy atom. The van der Waals surface area contributed by atoms with Gasteiger partial charge in [0.25, 0.3) is 11.5 Å². The number of ether oxygens (including phenoxy) is 1. The summed E-state index contributed by atoms with van der Waals surface area (Å²) in [5.41, 5.74) is 5.22. The maximum atomic E-state index is 13.2. The predicted molar refractivity (Wildman–Crippen MR) is 131 cm³/mol. The van der Waals surface area contributed by atoms with Crippen molar-refractivity contribution < 1.29 is 9.53 Å². The zero-order valence-electron chi connectivity index (χ0n) is 18.2. The zero-order valence-corrected chi connectivity index (χ0v) is 19.0. The van der Waals surface area contributed by atoms with Crippen molar-refractivity contribution in [3.05, 3.63) is 94.8 Å². The Labute approximate surface area is 195 Å². The van der Waals surface area contributed by atoms with Crippen molar-refractivity contribution in [2.24, 2.45) is 5.10 Å². The number of benzene rings is 3. The van der Waals surface area contributed by atoms with Gasteiger partial charge < -0.3 is 4.74 Å². The van der Waals surface area contributed by atoms with Crippen molar-refractivity contribution in [2.45, 2.75) is 12.1 Å². The van der Waals surface area contributed by atoms with E-state index in [9.17, 15) is 9.59 Å². The van der Waals surface area contributed by atoms with Gasteiger partial charge in [0, 0.05) is 0 Å². The Kier molecular flexibility index (Phi) is 6.85. The number of aromatic nitrogens is 2.